The van der Waals surface area contributed by atoms with Crippen LogP contribution in [0.25, 0.3) is 0 Å². The van der Waals surface area contributed by atoms with Gasteiger partial charge in [-0.3, -0.25) is 14.5 Å². The van der Waals surface area contributed by atoms with Gasteiger partial charge in [-0.15, -0.1) is 5.10 Å². The average molecular weight is 561 g/mol. The number of aromatic nitrogens is 3. The number of benzene rings is 1. The smallest absolute Gasteiger partial charge is 0.404 e. The van der Waals surface area contributed by atoms with Crippen molar-refractivity contribution in [3.8, 4) is 0 Å². The summed E-state index contributed by atoms with van der Waals surface area (Å²) in [4.78, 5) is 35.1. The van der Waals surface area contributed by atoms with Gasteiger partial charge in [0.2, 0.25) is 11.9 Å². The van der Waals surface area contributed by atoms with Crippen molar-refractivity contribution in [3.63, 3.8) is 0 Å². The van der Waals surface area contributed by atoms with Gasteiger partial charge in [0.1, 0.15) is 18.1 Å². The predicted octanol–water partition coefficient (Wildman–Crippen LogP) is 3.08. The first kappa shape index (κ1) is 27.8. The minimum absolute atomic E-state index is 0.0452. The zero-order valence-corrected chi connectivity index (χ0v) is 22.3. The zero-order valence-electron chi connectivity index (χ0n) is 22.3. The number of hydrogen-bond acceptors (Lipinski definition) is 8. The molecule has 2 aromatic heterocycles. The van der Waals surface area contributed by atoms with Crippen LogP contribution in [0.2, 0.25) is 0 Å². The number of aryl methyl sites for hydroxylation is 1. The van der Waals surface area contributed by atoms with Crippen LogP contribution in [0, 0.1) is 6.92 Å². The van der Waals surface area contributed by atoms with E-state index < -0.39 is 24.0 Å². The Balaban J connectivity index is 1.45. The van der Waals surface area contributed by atoms with Gasteiger partial charge in [-0.2, -0.15) is 22.8 Å². The van der Waals surface area contributed by atoms with E-state index in [9.17, 15) is 22.8 Å². The quantitative estimate of drug-likeness (QED) is 0.435. The lowest BCUT2D eigenvalue weighted by molar-refractivity contribution is -0.181. The molecule has 214 valence electrons. The lowest BCUT2D eigenvalue weighted by Crippen LogP contribution is -2.50. The van der Waals surface area contributed by atoms with E-state index in [2.05, 4.69) is 10.1 Å². The summed E-state index contributed by atoms with van der Waals surface area (Å²) in [6.07, 6.45) is -3.27. The summed E-state index contributed by atoms with van der Waals surface area (Å²) < 4.78 is 55.0. The molecule has 2 aliphatic rings. The average Bonchev–Trinajstić information content (AvgIpc) is 3.67. The van der Waals surface area contributed by atoms with E-state index in [0.717, 1.165) is 15.1 Å². The van der Waals surface area contributed by atoms with E-state index in [0.29, 0.717) is 38.6 Å². The van der Waals surface area contributed by atoms with Gasteiger partial charge < -0.3 is 19.0 Å². The maximum atomic E-state index is 14.5. The summed E-state index contributed by atoms with van der Waals surface area (Å²) in [6.45, 7) is 3.15. The number of morpholine rings is 1. The van der Waals surface area contributed by atoms with Crippen molar-refractivity contribution in [2.24, 2.45) is 0 Å². The second-order valence-electron chi connectivity index (χ2n) is 10.1. The molecule has 2 unspecified atom stereocenters. The Morgan fingerprint density at radius 1 is 1.12 bits per heavy atom. The lowest BCUT2D eigenvalue weighted by atomic mass is 9.99. The van der Waals surface area contributed by atoms with Crippen LogP contribution in [0.5, 0.6) is 0 Å². The normalized spacial score (nSPS) is 20.2. The molecule has 0 N–H and O–H groups in total. The van der Waals surface area contributed by atoms with E-state index in [1.54, 1.807) is 18.9 Å². The minimum atomic E-state index is -4.64. The van der Waals surface area contributed by atoms with Gasteiger partial charge in [0.15, 0.2) is 5.82 Å². The molecule has 3 aromatic rings. The van der Waals surface area contributed by atoms with Crippen LogP contribution in [0.1, 0.15) is 39.8 Å². The van der Waals surface area contributed by atoms with E-state index in [1.165, 1.54) is 17.2 Å². The van der Waals surface area contributed by atoms with Crippen molar-refractivity contribution in [1.29, 1.82) is 0 Å². The van der Waals surface area contributed by atoms with E-state index in [4.69, 9.17) is 9.15 Å². The SMILES string of the molecule is Cc1cc(C(=O)n2nc(C3CCN(CC(=O)N4CCOCC4)C3C(F)(F)F)nc2N(C)Cc2ccccc2)co1. The first-order valence-electron chi connectivity index (χ1n) is 13.1. The van der Waals surface area contributed by atoms with E-state index >= 15 is 0 Å². The molecule has 0 radical (unpaired) electrons. The third kappa shape index (κ3) is 5.89. The topological polar surface area (TPSA) is 96.9 Å². The summed E-state index contributed by atoms with van der Waals surface area (Å²) in [5.41, 5.74) is 1.13. The molecule has 5 rings (SSSR count). The Hall–Kier alpha value is -3.71. The molecule has 13 heteroatoms. The van der Waals surface area contributed by atoms with E-state index in [-0.39, 0.29) is 42.8 Å². The molecule has 40 heavy (non-hydrogen) atoms. The Morgan fingerprint density at radius 2 is 1.85 bits per heavy atom. The second kappa shape index (κ2) is 11.4. The number of anilines is 1. The lowest BCUT2D eigenvalue weighted by Gasteiger charge is -2.32. The van der Waals surface area contributed by atoms with Gasteiger partial charge in [-0.25, -0.2) is 0 Å². The van der Waals surface area contributed by atoms with Gasteiger partial charge in [-0.1, -0.05) is 30.3 Å². The number of halogens is 3. The van der Waals surface area contributed by atoms with Crippen molar-refractivity contribution in [1.82, 2.24) is 24.6 Å². The molecule has 2 aliphatic heterocycles. The van der Waals surface area contributed by atoms with Crippen molar-refractivity contribution in [2.75, 3.05) is 51.3 Å². The minimum Gasteiger partial charge on any atom is -0.469 e. The number of furan rings is 1. The van der Waals surface area contributed by atoms with Gasteiger partial charge >= 0.3 is 6.18 Å². The Bertz CT molecular complexity index is 1340. The summed E-state index contributed by atoms with van der Waals surface area (Å²) in [7, 11) is 1.70. The van der Waals surface area contributed by atoms with Crippen LogP contribution in [0.15, 0.2) is 47.1 Å². The number of amides is 1. The van der Waals surface area contributed by atoms with Crippen molar-refractivity contribution < 1.29 is 31.9 Å². The summed E-state index contributed by atoms with van der Waals surface area (Å²) >= 11 is 0. The van der Waals surface area contributed by atoms with Crippen LogP contribution in [-0.2, 0) is 16.1 Å². The molecule has 0 saturated carbocycles. The van der Waals surface area contributed by atoms with Crippen LogP contribution in [-0.4, -0.2) is 95.0 Å². The second-order valence-corrected chi connectivity index (χ2v) is 10.1. The Kier molecular flexibility index (Phi) is 7.95. The van der Waals surface area contributed by atoms with Gasteiger partial charge in [0.05, 0.1) is 25.3 Å². The number of rotatable bonds is 7. The van der Waals surface area contributed by atoms with Crippen LogP contribution in [0.4, 0.5) is 19.1 Å². The molecule has 1 amide bonds. The fraction of sp³-hybridized carbons (Fsp3) is 0.481. The summed E-state index contributed by atoms with van der Waals surface area (Å²) in [5.74, 6) is -1.55. The molecule has 2 saturated heterocycles. The highest BCUT2D eigenvalue weighted by Crippen LogP contribution is 2.42. The van der Waals surface area contributed by atoms with Crippen LogP contribution >= 0.6 is 0 Å². The molecule has 10 nitrogen and oxygen atoms in total. The molecule has 2 atom stereocenters. The van der Waals surface area contributed by atoms with Gasteiger partial charge in [0, 0.05) is 39.1 Å². The first-order valence-corrected chi connectivity index (χ1v) is 13.1. The molecule has 4 heterocycles. The fourth-order valence-corrected chi connectivity index (χ4v) is 5.29. The number of carbonyl (C=O) groups excluding carboxylic acids is 2. The van der Waals surface area contributed by atoms with Crippen LogP contribution in [0.3, 0.4) is 0 Å². The third-order valence-corrected chi connectivity index (χ3v) is 7.25. The van der Waals surface area contributed by atoms with Gasteiger partial charge in [0.25, 0.3) is 5.91 Å². The summed E-state index contributed by atoms with van der Waals surface area (Å²) in [5, 5.41) is 4.34. The number of hydrogen-bond donors (Lipinski definition) is 0. The highest BCUT2D eigenvalue weighted by atomic mass is 19.4. The first-order chi connectivity index (χ1) is 19.1. The number of carbonyl (C=O) groups is 2. The Morgan fingerprint density at radius 3 is 2.50 bits per heavy atom. The standard InChI is InChI=1S/C27H31F3N6O4/c1-18-14-20(17-40-18)25(38)36-26(33(2)15-19-6-4-3-5-7-19)31-24(32-36)21-8-9-35(23(21)27(28,29)30)16-22(37)34-10-12-39-13-11-34/h3-7,14,17,21,23H,8-13,15-16H2,1-2H3. The van der Waals surface area contributed by atoms with Crippen LogP contribution < -0.4 is 4.90 Å². The van der Waals surface area contributed by atoms with Crippen molar-refractivity contribution in [3.05, 3.63) is 65.4 Å². The molecule has 0 spiro atoms. The highest BCUT2D eigenvalue weighted by Gasteiger charge is 2.54. The molecule has 0 aliphatic carbocycles. The maximum Gasteiger partial charge on any atom is 0.404 e. The molecular formula is C27H31F3N6O4. The fourth-order valence-electron chi connectivity index (χ4n) is 5.29. The van der Waals surface area contributed by atoms with Crippen molar-refractivity contribution >= 4 is 17.8 Å². The third-order valence-electron chi connectivity index (χ3n) is 7.25. The number of likely N-dealkylation sites (tertiary alicyclic amines) is 1. The number of ether oxygens (including phenoxy) is 1. The van der Waals surface area contributed by atoms with Gasteiger partial charge in [-0.05, 0) is 25.0 Å². The largest absolute Gasteiger partial charge is 0.469 e. The highest BCUT2D eigenvalue weighted by molar-refractivity contribution is 5.96. The molecule has 0 bridgehead atoms. The molecule has 2 fully saturated rings. The zero-order chi connectivity index (χ0) is 28.4. The molecular weight excluding hydrogens is 529 g/mol. The Labute approximate surface area is 229 Å². The number of alkyl halides is 3. The monoisotopic (exact) mass is 560 g/mol. The summed E-state index contributed by atoms with van der Waals surface area (Å²) in [6, 6.07) is 9.00. The number of nitrogens with zero attached hydrogens (tertiary/aromatic N) is 6. The van der Waals surface area contributed by atoms with Crippen molar-refractivity contribution in [2.45, 2.75) is 38.0 Å². The maximum absolute atomic E-state index is 14.5. The molecule has 1 aromatic carbocycles. The predicted molar refractivity (Wildman–Crippen MR) is 138 cm³/mol. The van der Waals surface area contributed by atoms with E-state index in [1.807, 2.05) is 30.3 Å².